The summed E-state index contributed by atoms with van der Waals surface area (Å²) in [6.45, 7) is 4.00. The van der Waals surface area contributed by atoms with Crippen molar-refractivity contribution in [2.45, 2.75) is 26.3 Å². The minimum atomic E-state index is -0.858. The molecule has 2 aromatic carbocycles. The molecule has 0 saturated carbocycles. The number of amides is 2. The Morgan fingerprint density at radius 2 is 1.84 bits per heavy atom. The van der Waals surface area contributed by atoms with Crippen LogP contribution >= 0.6 is 11.6 Å². The van der Waals surface area contributed by atoms with Crippen LogP contribution in [0.5, 0.6) is 0 Å². The average molecular weight is 460 g/mol. The summed E-state index contributed by atoms with van der Waals surface area (Å²) in [5, 5.41) is 13.7. The second kappa shape index (κ2) is 9.35. The number of hydrogen-bond acceptors (Lipinski definition) is 6. The molecule has 9 nitrogen and oxygen atoms in total. The first-order valence-electron chi connectivity index (χ1n) is 9.91. The van der Waals surface area contributed by atoms with Crippen molar-refractivity contribution in [3.8, 4) is 0 Å². The van der Waals surface area contributed by atoms with Gasteiger partial charge in [0.2, 0.25) is 5.91 Å². The molecule has 168 valence electrons. The second-order valence-corrected chi connectivity index (χ2v) is 8.10. The molecular formula is C22H22ClN3O6. The number of nitro benzene ring substituents is 1. The predicted octanol–water partition coefficient (Wildman–Crippen LogP) is 3.38. The maximum absolute atomic E-state index is 13.3. The molecule has 0 radical (unpaired) electrons. The molecule has 0 fully saturated rings. The van der Waals surface area contributed by atoms with Gasteiger partial charge in [-0.1, -0.05) is 25.4 Å². The number of rotatable bonds is 6. The van der Waals surface area contributed by atoms with Crippen LogP contribution in [0, 0.1) is 16.0 Å². The topological polar surface area (TPSA) is 119 Å². The fraction of sp³-hybridized carbons (Fsp3) is 0.318. The number of ether oxygens (including phenoxy) is 1. The molecule has 2 amide bonds. The van der Waals surface area contributed by atoms with Crippen LogP contribution in [-0.4, -0.2) is 42.4 Å². The zero-order valence-corrected chi connectivity index (χ0v) is 18.5. The molecular weight excluding hydrogens is 438 g/mol. The Kier molecular flexibility index (Phi) is 6.78. The van der Waals surface area contributed by atoms with Gasteiger partial charge in [0.05, 0.1) is 17.6 Å². The Morgan fingerprint density at radius 3 is 2.47 bits per heavy atom. The van der Waals surface area contributed by atoms with E-state index in [0.717, 1.165) is 11.6 Å². The molecule has 1 N–H and O–H groups in total. The van der Waals surface area contributed by atoms with Gasteiger partial charge < -0.3 is 15.0 Å². The maximum atomic E-state index is 13.3. The van der Waals surface area contributed by atoms with Crippen LogP contribution in [0.3, 0.4) is 0 Å². The van der Waals surface area contributed by atoms with Gasteiger partial charge in [-0.15, -0.1) is 0 Å². The van der Waals surface area contributed by atoms with Crippen molar-refractivity contribution in [2.75, 3.05) is 18.6 Å². The molecule has 0 saturated heterocycles. The number of nitro groups is 1. The summed E-state index contributed by atoms with van der Waals surface area (Å²) in [6.07, 6.45) is 0.564. The molecule has 2 aromatic rings. The first-order valence-corrected chi connectivity index (χ1v) is 10.3. The molecule has 1 aliphatic rings. The van der Waals surface area contributed by atoms with E-state index in [1.165, 1.54) is 19.2 Å². The number of methoxy groups -OCH3 is 1. The summed E-state index contributed by atoms with van der Waals surface area (Å²) in [7, 11) is 1.30. The number of carbonyl (C=O) groups excluding carboxylic acids is 3. The highest BCUT2D eigenvalue weighted by atomic mass is 35.5. The number of nitrogens with zero attached hydrogens (tertiary/aromatic N) is 2. The van der Waals surface area contributed by atoms with Gasteiger partial charge in [0.1, 0.15) is 11.1 Å². The van der Waals surface area contributed by atoms with E-state index in [2.05, 4.69) is 5.32 Å². The fourth-order valence-corrected chi connectivity index (χ4v) is 3.76. The zero-order chi connectivity index (χ0) is 23.6. The smallest absolute Gasteiger partial charge is 0.337 e. The lowest BCUT2D eigenvalue weighted by Gasteiger charge is -2.27. The van der Waals surface area contributed by atoms with Gasteiger partial charge in [-0.2, -0.15) is 0 Å². The van der Waals surface area contributed by atoms with Crippen molar-refractivity contribution in [3.63, 3.8) is 0 Å². The molecule has 1 heterocycles. The summed E-state index contributed by atoms with van der Waals surface area (Å²) in [6, 6.07) is 7.84. The van der Waals surface area contributed by atoms with Crippen LogP contribution in [0.1, 0.15) is 40.1 Å². The third-order valence-corrected chi connectivity index (χ3v) is 5.61. The van der Waals surface area contributed by atoms with Crippen molar-refractivity contribution in [2.24, 2.45) is 5.92 Å². The molecule has 0 spiro atoms. The number of anilines is 1. The van der Waals surface area contributed by atoms with Crippen LogP contribution in [0.25, 0.3) is 0 Å². The minimum Gasteiger partial charge on any atom is -0.465 e. The SMILES string of the molecule is COC(=O)c1ccc2c(c1)CCN2C(=O)C(NC(=O)c1ccc(Cl)c([N+](=O)[O-])c1)C(C)C. The molecule has 32 heavy (non-hydrogen) atoms. The highest BCUT2D eigenvalue weighted by molar-refractivity contribution is 6.32. The van der Waals surface area contributed by atoms with E-state index in [4.69, 9.17) is 16.3 Å². The first kappa shape index (κ1) is 23.2. The van der Waals surface area contributed by atoms with Crippen LogP contribution in [0.4, 0.5) is 11.4 Å². The Bertz CT molecular complexity index is 1100. The van der Waals surface area contributed by atoms with E-state index in [1.807, 2.05) is 0 Å². The van der Waals surface area contributed by atoms with E-state index >= 15 is 0 Å². The lowest BCUT2D eigenvalue weighted by Crippen LogP contribution is -2.51. The van der Waals surface area contributed by atoms with Crippen LogP contribution in [-0.2, 0) is 16.0 Å². The summed E-state index contributed by atoms with van der Waals surface area (Å²) in [4.78, 5) is 49.9. The van der Waals surface area contributed by atoms with Crippen molar-refractivity contribution < 1.29 is 24.0 Å². The van der Waals surface area contributed by atoms with E-state index in [9.17, 15) is 24.5 Å². The fourth-order valence-electron chi connectivity index (χ4n) is 3.58. The number of benzene rings is 2. The van der Waals surface area contributed by atoms with Gasteiger partial charge in [0, 0.05) is 23.9 Å². The second-order valence-electron chi connectivity index (χ2n) is 7.69. The van der Waals surface area contributed by atoms with E-state index < -0.39 is 22.8 Å². The van der Waals surface area contributed by atoms with Crippen LogP contribution in [0.2, 0.25) is 5.02 Å². The number of hydrogen-bond donors (Lipinski definition) is 1. The number of nitrogens with one attached hydrogen (secondary N) is 1. The highest BCUT2D eigenvalue weighted by Crippen LogP contribution is 2.30. The van der Waals surface area contributed by atoms with E-state index in [1.54, 1.807) is 36.9 Å². The van der Waals surface area contributed by atoms with Crippen LogP contribution < -0.4 is 10.2 Å². The van der Waals surface area contributed by atoms with Crippen molar-refractivity contribution >= 4 is 40.8 Å². The summed E-state index contributed by atoms with van der Waals surface area (Å²) in [5.41, 5.74) is 1.55. The molecule has 0 bridgehead atoms. The largest absolute Gasteiger partial charge is 0.465 e. The van der Waals surface area contributed by atoms with E-state index in [-0.39, 0.29) is 28.1 Å². The lowest BCUT2D eigenvalue weighted by atomic mass is 10.0. The summed E-state index contributed by atoms with van der Waals surface area (Å²) >= 11 is 5.81. The Hall–Kier alpha value is -3.46. The molecule has 1 aliphatic heterocycles. The normalized spacial score (nSPS) is 13.5. The van der Waals surface area contributed by atoms with Gasteiger partial charge in [0.25, 0.3) is 11.6 Å². The molecule has 0 aromatic heterocycles. The molecule has 3 rings (SSSR count). The monoisotopic (exact) mass is 459 g/mol. The number of fused-ring (bicyclic) bond motifs is 1. The quantitative estimate of drug-likeness (QED) is 0.402. The van der Waals surface area contributed by atoms with Gasteiger partial charge in [-0.3, -0.25) is 19.7 Å². The number of esters is 1. The van der Waals surface area contributed by atoms with Gasteiger partial charge >= 0.3 is 5.97 Å². The summed E-state index contributed by atoms with van der Waals surface area (Å²) in [5.74, 6) is -1.62. The highest BCUT2D eigenvalue weighted by Gasteiger charge is 2.33. The standard InChI is InChI=1S/C22H22ClN3O6/c1-12(2)19(24-20(27)14-4-6-16(23)18(11-14)26(30)31)21(28)25-9-8-13-10-15(22(29)32-3)5-7-17(13)25/h4-7,10-12,19H,8-9H2,1-3H3,(H,24,27). The van der Waals surface area contributed by atoms with Crippen LogP contribution in [0.15, 0.2) is 36.4 Å². The Labute approximate surface area is 189 Å². The molecule has 0 aliphatic carbocycles. The molecule has 1 unspecified atom stereocenters. The number of halogens is 1. The Balaban J connectivity index is 1.82. The lowest BCUT2D eigenvalue weighted by molar-refractivity contribution is -0.384. The Morgan fingerprint density at radius 1 is 1.16 bits per heavy atom. The minimum absolute atomic E-state index is 0.0316. The van der Waals surface area contributed by atoms with Gasteiger partial charge in [0.15, 0.2) is 0 Å². The zero-order valence-electron chi connectivity index (χ0n) is 17.8. The van der Waals surface area contributed by atoms with Crippen molar-refractivity contribution in [1.29, 1.82) is 0 Å². The number of carbonyl (C=O) groups is 3. The molecule has 10 heteroatoms. The van der Waals surface area contributed by atoms with Gasteiger partial charge in [-0.25, -0.2) is 4.79 Å². The maximum Gasteiger partial charge on any atom is 0.337 e. The third kappa shape index (κ3) is 4.57. The van der Waals surface area contributed by atoms with Crippen molar-refractivity contribution in [1.82, 2.24) is 5.32 Å². The predicted molar refractivity (Wildman–Crippen MR) is 118 cm³/mol. The van der Waals surface area contributed by atoms with Gasteiger partial charge in [-0.05, 0) is 48.2 Å². The van der Waals surface area contributed by atoms with Crippen molar-refractivity contribution in [3.05, 3.63) is 68.2 Å². The average Bonchev–Trinajstić information content (AvgIpc) is 3.19. The first-order chi connectivity index (χ1) is 15.1. The third-order valence-electron chi connectivity index (χ3n) is 5.29. The molecule has 1 atom stereocenters. The summed E-state index contributed by atoms with van der Waals surface area (Å²) < 4.78 is 4.74. The van der Waals surface area contributed by atoms with E-state index in [0.29, 0.717) is 24.2 Å².